The lowest BCUT2D eigenvalue weighted by molar-refractivity contribution is 0.0955. The third-order valence-electron chi connectivity index (χ3n) is 4.11. The van der Waals surface area contributed by atoms with E-state index in [-0.39, 0.29) is 29.9 Å². The molecule has 0 heterocycles. The number of nitrogens with zero attached hydrogens (tertiary/aromatic N) is 1. The molecule has 1 aromatic rings. The molecule has 0 radical (unpaired) electrons. The van der Waals surface area contributed by atoms with Gasteiger partial charge in [-0.15, -0.1) is 24.0 Å². The standard InChI is InChI=1S/C18H28N4OS.HI/c1-3-19-18(22-15-9-10-16(13-15)24-2)21-12-11-20-17(23)14-7-5-4-6-8-14;/h4-8,15-16H,3,9-13H2,1-2H3,(H,20,23)(H2,19,21,22);1H. The van der Waals surface area contributed by atoms with Gasteiger partial charge in [0.1, 0.15) is 0 Å². The molecule has 3 N–H and O–H groups in total. The van der Waals surface area contributed by atoms with E-state index in [4.69, 9.17) is 0 Å². The summed E-state index contributed by atoms with van der Waals surface area (Å²) >= 11 is 1.95. The maximum atomic E-state index is 12.0. The molecule has 0 bridgehead atoms. The van der Waals surface area contributed by atoms with E-state index in [9.17, 15) is 4.79 Å². The first kappa shape index (κ1) is 22.1. The van der Waals surface area contributed by atoms with Crippen LogP contribution >= 0.6 is 35.7 Å². The van der Waals surface area contributed by atoms with Crippen LogP contribution in [0.1, 0.15) is 36.5 Å². The van der Waals surface area contributed by atoms with Gasteiger partial charge in [0, 0.05) is 29.9 Å². The molecule has 140 valence electrons. The van der Waals surface area contributed by atoms with Gasteiger partial charge in [0.25, 0.3) is 5.91 Å². The van der Waals surface area contributed by atoms with Gasteiger partial charge in [-0.25, -0.2) is 0 Å². The number of amides is 1. The molecular weight excluding hydrogens is 447 g/mol. The largest absolute Gasteiger partial charge is 0.357 e. The Morgan fingerprint density at radius 1 is 1.24 bits per heavy atom. The number of halogens is 1. The summed E-state index contributed by atoms with van der Waals surface area (Å²) in [7, 11) is 0. The SMILES string of the molecule is CCNC(=NCCNC(=O)c1ccccc1)NC1CCC(SC)C1.I. The van der Waals surface area contributed by atoms with Gasteiger partial charge in [-0.1, -0.05) is 18.2 Å². The van der Waals surface area contributed by atoms with Gasteiger partial charge >= 0.3 is 0 Å². The molecular formula is C18H29IN4OS. The average molecular weight is 476 g/mol. The van der Waals surface area contributed by atoms with Crippen LogP contribution in [0.3, 0.4) is 0 Å². The number of carbonyl (C=O) groups is 1. The fraction of sp³-hybridized carbons (Fsp3) is 0.556. The van der Waals surface area contributed by atoms with E-state index in [1.807, 2.05) is 42.1 Å². The van der Waals surface area contributed by atoms with E-state index in [1.54, 1.807) is 0 Å². The molecule has 25 heavy (non-hydrogen) atoms. The predicted molar refractivity (Wildman–Crippen MR) is 118 cm³/mol. The molecule has 0 saturated heterocycles. The molecule has 1 aromatic carbocycles. The maximum Gasteiger partial charge on any atom is 0.251 e. The van der Waals surface area contributed by atoms with Crippen LogP contribution < -0.4 is 16.0 Å². The lowest BCUT2D eigenvalue weighted by Gasteiger charge is -2.17. The zero-order chi connectivity index (χ0) is 17.2. The van der Waals surface area contributed by atoms with Crippen LogP contribution in [-0.2, 0) is 0 Å². The summed E-state index contributed by atoms with van der Waals surface area (Å²) in [6.45, 7) is 3.99. The third-order valence-corrected chi connectivity index (χ3v) is 5.20. The summed E-state index contributed by atoms with van der Waals surface area (Å²) in [5, 5.41) is 10.5. The van der Waals surface area contributed by atoms with E-state index >= 15 is 0 Å². The van der Waals surface area contributed by atoms with Crippen LogP contribution in [0.25, 0.3) is 0 Å². The van der Waals surface area contributed by atoms with Crippen molar-refractivity contribution in [3.05, 3.63) is 35.9 Å². The van der Waals surface area contributed by atoms with E-state index in [0.717, 1.165) is 17.8 Å². The predicted octanol–water partition coefficient (Wildman–Crippen LogP) is 2.87. The number of benzene rings is 1. The van der Waals surface area contributed by atoms with Crippen molar-refractivity contribution in [1.29, 1.82) is 0 Å². The Morgan fingerprint density at radius 2 is 2.00 bits per heavy atom. The van der Waals surface area contributed by atoms with Crippen molar-refractivity contribution in [3.8, 4) is 0 Å². The van der Waals surface area contributed by atoms with Crippen molar-refractivity contribution in [2.75, 3.05) is 25.9 Å². The molecule has 1 aliphatic rings. The number of hydrogen-bond donors (Lipinski definition) is 3. The minimum absolute atomic E-state index is 0. The zero-order valence-corrected chi connectivity index (χ0v) is 18.1. The monoisotopic (exact) mass is 476 g/mol. The Bertz CT molecular complexity index is 541. The smallest absolute Gasteiger partial charge is 0.251 e. The molecule has 0 aliphatic heterocycles. The van der Waals surface area contributed by atoms with Crippen molar-refractivity contribution in [2.45, 2.75) is 37.5 Å². The summed E-state index contributed by atoms with van der Waals surface area (Å²) < 4.78 is 0. The van der Waals surface area contributed by atoms with Crippen LogP contribution in [-0.4, -0.2) is 49.0 Å². The number of rotatable bonds is 7. The van der Waals surface area contributed by atoms with Crippen molar-refractivity contribution in [1.82, 2.24) is 16.0 Å². The van der Waals surface area contributed by atoms with Gasteiger partial charge < -0.3 is 16.0 Å². The molecule has 5 nitrogen and oxygen atoms in total. The number of guanidine groups is 1. The second-order valence-corrected chi connectivity index (χ2v) is 7.03. The first-order valence-corrected chi connectivity index (χ1v) is 9.92. The third kappa shape index (κ3) is 7.85. The minimum Gasteiger partial charge on any atom is -0.357 e. The number of hydrogen-bond acceptors (Lipinski definition) is 3. The second-order valence-electron chi connectivity index (χ2n) is 5.89. The summed E-state index contributed by atoms with van der Waals surface area (Å²) in [6.07, 6.45) is 5.84. The van der Waals surface area contributed by atoms with Crippen LogP contribution in [0, 0.1) is 0 Å². The van der Waals surface area contributed by atoms with E-state index in [1.165, 1.54) is 19.3 Å². The first-order valence-electron chi connectivity index (χ1n) is 8.63. The Hall–Kier alpha value is -0.960. The Labute approximate surface area is 172 Å². The van der Waals surface area contributed by atoms with Crippen LogP contribution in [0.2, 0.25) is 0 Å². The van der Waals surface area contributed by atoms with Crippen LogP contribution in [0.15, 0.2) is 35.3 Å². The molecule has 1 fully saturated rings. The highest BCUT2D eigenvalue weighted by Crippen LogP contribution is 2.27. The van der Waals surface area contributed by atoms with Crippen molar-refractivity contribution in [2.24, 2.45) is 4.99 Å². The number of carbonyl (C=O) groups excluding carboxylic acids is 1. The lowest BCUT2D eigenvalue weighted by Crippen LogP contribution is -2.43. The molecule has 2 rings (SSSR count). The summed E-state index contributed by atoms with van der Waals surface area (Å²) in [4.78, 5) is 16.5. The lowest BCUT2D eigenvalue weighted by atomic mass is 10.2. The highest BCUT2D eigenvalue weighted by Gasteiger charge is 2.24. The molecule has 1 aliphatic carbocycles. The minimum atomic E-state index is -0.0534. The highest BCUT2D eigenvalue weighted by molar-refractivity contribution is 14.0. The molecule has 7 heteroatoms. The maximum absolute atomic E-state index is 12.0. The van der Waals surface area contributed by atoms with Gasteiger partial charge in [-0.05, 0) is 44.6 Å². The Morgan fingerprint density at radius 3 is 2.64 bits per heavy atom. The molecule has 0 spiro atoms. The van der Waals surface area contributed by atoms with Crippen LogP contribution in [0.5, 0.6) is 0 Å². The first-order chi connectivity index (χ1) is 11.7. The van der Waals surface area contributed by atoms with Crippen molar-refractivity contribution >= 4 is 47.6 Å². The van der Waals surface area contributed by atoms with E-state index in [2.05, 4.69) is 34.1 Å². The molecule has 0 aromatic heterocycles. The van der Waals surface area contributed by atoms with Gasteiger partial charge in [-0.2, -0.15) is 11.8 Å². The summed E-state index contributed by atoms with van der Waals surface area (Å²) in [5.74, 6) is 0.792. The Kier molecular flexibility index (Phi) is 11.0. The average Bonchev–Trinajstić information content (AvgIpc) is 3.07. The van der Waals surface area contributed by atoms with E-state index < -0.39 is 0 Å². The molecule has 2 unspecified atom stereocenters. The second kappa shape index (κ2) is 12.4. The highest BCUT2D eigenvalue weighted by atomic mass is 127. The number of thioether (sulfide) groups is 1. The Balaban J connectivity index is 0.00000312. The molecule has 1 amide bonds. The fourth-order valence-electron chi connectivity index (χ4n) is 2.83. The van der Waals surface area contributed by atoms with Gasteiger partial charge in [0.2, 0.25) is 0 Å². The number of aliphatic imine (C=N–C) groups is 1. The summed E-state index contributed by atoms with van der Waals surface area (Å²) in [6, 6.07) is 9.76. The zero-order valence-electron chi connectivity index (χ0n) is 15.0. The molecule has 1 saturated carbocycles. The van der Waals surface area contributed by atoms with Gasteiger partial charge in [0.05, 0.1) is 6.54 Å². The van der Waals surface area contributed by atoms with Gasteiger partial charge in [0.15, 0.2) is 5.96 Å². The quantitative estimate of drug-likeness (QED) is 0.245. The summed E-state index contributed by atoms with van der Waals surface area (Å²) in [5.41, 5.74) is 0.681. The van der Waals surface area contributed by atoms with Crippen LogP contribution in [0.4, 0.5) is 0 Å². The van der Waals surface area contributed by atoms with Crippen molar-refractivity contribution in [3.63, 3.8) is 0 Å². The normalized spacial score (nSPS) is 19.8. The van der Waals surface area contributed by atoms with Gasteiger partial charge in [-0.3, -0.25) is 9.79 Å². The fourth-order valence-corrected chi connectivity index (χ4v) is 3.62. The van der Waals surface area contributed by atoms with Crippen molar-refractivity contribution < 1.29 is 4.79 Å². The topological polar surface area (TPSA) is 65.5 Å². The van der Waals surface area contributed by atoms with E-state index in [0.29, 0.717) is 24.7 Å². The number of nitrogens with one attached hydrogen (secondary N) is 3. The molecule has 2 atom stereocenters.